The van der Waals surface area contributed by atoms with E-state index >= 15 is 0 Å². The van der Waals surface area contributed by atoms with E-state index in [1.807, 2.05) is 37.6 Å². The highest BCUT2D eigenvalue weighted by molar-refractivity contribution is 7.16. The first-order valence-corrected chi connectivity index (χ1v) is 9.51. The summed E-state index contributed by atoms with van der Waals surface area (Å²) < 4.78 is 13.6. The van der Waals surface area contributed by atoms with E-state index in [1.54, 1.807) is 14.2 Å². The topological polar surface area (TPSA) is 52.8 Å². The number of ether oxygens (including phenoxy) is 2. The maximum absolute atomic E-state index is 12.6. The fraction of sp³-hybridized carbons (Fsp3) is 0.333. The lowest BCUT2D eigenvalue weighted by Gasteiger charge is -2.09. The Balaban J connectivity index is 2.01. The summed E-state index contributed by atoms with van der Waals surface area (Å²) in [7, 11) is 5.12. The molecule has 0 aliphatic carbocycles. The second-order valence-electron chi connectivity index (χ2n) is 6.68. The Morgan fingerprint density at radius 2 is 1.63 bits per heavy atom. The molecule has 27 heavy (non-hydrogen) atoms. The number of amides is 1. The average molecular weight is 385 g/mol. The van der Waals surface area contributed by atoms with E-state index in [-0.39, 0.29) is 5.91 Å². The number of fused-ring (bicyclic) bond motifs is 1. The largest absolute Gasteiger partial charge is 0.493 e. The Labute approximate surface area is 162 Å². The Morgan fingerprint density at radius 1 is 1.04 bits per heavy atom. The number of rotatable bonds is 4. The van der Waals surface area contributed by atoms with Crippen molar-refractivity contribution in [2.75, 3.05) is 14.2 Å². The van der Waals surface area contributed by atoms with Crippen LogP contribution in [0.1, 0.15) is 22.3 Å². The first kappa shape index (κ1) is 19.2. The van der Waals surface area contributed by atoms with Crippen LogP contribution in [-0.2, 0) is 18.3 Å². The van der Waals surface area contributed by atoms with Crippen molar-refractivity contribution in [3.8, 4) is 11.5 Å². The van der Waals surface area contributed by atoms with Gasteiger partial charge in [0.2, 0.25) is 0 Å². The molecular formula is C21H24N2O3S. The molecule has 0 aliphatic heterocycles. The highest BCUT2D eigenvalue weighted by Crippen LogP contribution is 2.33. The first-order valence-electron chi connectivity index (χ1n) is 8.70. The molecule has 5 nitrogen and oxygen atoms in total. The normalized spacial score (nSPS) is 11.9. The van der Waals surface area contributed by atoms with Gasteiger partial charge in [0.15, 0.2) is 16.3 Å². The van der Waals surface area contributed by atoms with E-state index in [1.165, 1.54) is 16.9 Å². The number of thiazole rings is 1. The van der Waals surface area contributed by atoms with Crippen molar-refractivity contribution < 1.29 is 14.3 Å². The number of hydrogen-bond donors (Lipinski definition) is 0. The Kier molecular flexibility index (Phi) is 5.37. The van der Waals surface area contributed by atoms with Crippen LogP contribution in [0.15, 0.2) is 29.3 Å². The van der Waals surface area contributed by atoms with Crippen LogP contribution in [0.25, 0.3) is 10.2 Å². The van der Waals surface area contributed by atoms with Gasteiger partial charge in [0, 0.05) is 19.2 Å². The van der Waals surface area contributed by atoms with Gasteiger partial charge in [-0.15, -0.1) is 0 Å². The molecule has 142 valence electrons. The van der Waals surface area contributed by atoms with Gasteiger partial charge < -0.3 is 14.0 Å². The van der Waals surface area contributed by atoms with Crippen LogP contribution in [0, 0.1) is 20.8 Å². The minimum absolute atomic E-state index is 0.147. The molecule has 0 fully saturated rings. The number of carbonyl (C=O) groups is 1. The smallest absolute Gasteiger partial charge is 0.252 e. The predicted molar refractivity (Wildman–Crippen MR) is 109 cm³/mol. The monoisotopic (exact) mass is 384 g/mol. The summed E-state index contributed by atoms with van der Waals surface area (Å²) in [6.07, 6.45) is 0.304. The van der Waals surface area contributed by atoms with Crippen LogP contribution in [0.4, 0.5) is 0 Å². The van der Waals surface area contributed by atoms with Crippen molar-refractivity contribution in [3.63, 3.8) is 0 Å². The lowest BCUT2D eigenvalue weighted by Crippen LogP contribution is -2.15. The lowest BCUT2D eigenvalue weighted by atomic mass is 9.97. The second-order valence-corrected chi connectivity index (χ2v) is 7.69. The summed E-state index contributed by atoms with van der Waals surface area (Å²) in [5.41, 5.74) is 5.47. The molecule has 6 heteroatoms. The lowest BCUT2D eigenvalue weighted by molar-refractivity contribution is -0.117. The summed E-state index contributed by atoms with van der Waals surface area (Å²) in [6, 6.07) is 8.03. The van der Waals surface area contributed by atoms with Crippen LogP contribution in [0.3, 0.4) is 0 Å². The fourth-order valence-corrected chi connectivity index (χ4v) is 4.39. The molecule has 3 rings (SSSR count). The fourth-order valence-electron chi connectivity index (χ4n) is 3.35. The number of carbonyl (C=O) groups excluding carboxylic acids is 1. The molecular weight excluding hydrogens is 360 g/mol. The molecule has 0 atom stereocenters. The number of methoxy groups -OCH3 is 2. The van der Waals surface area contributed by atoms with E-state index in [4.69, 9.17) is 9.47 Å². The molecule has 1 heterocycles. The molecule has 0 unspecified atom stereocenters. The summed E-state index contributed by atoms with van der Waals surface area (Å²) in [6.45, 7) is 6.15. The number of nitrogens with zero attached hydrogens (tertiary/aromatic N) is 2. The van der Waals surface area contributed by atoms with Crippen LogP contribution in [0.2, 0.25) is 0 Å². The van der Waals surface area contributed by atoms with Crippen molar-refractivity contribution in [2.24, 2.45) is 12.0 Å². The minimum Gasteiger partial charge on any atom is -0.493 e. The summed E-state index contributed by atoms with van der Waals surface area (Å²) in [4.78, 5) is 17.7. The zero-order chi connectivity index (χ0) is 19.7. The first-order chi connectivity index (χ1) is 12.8. The van der Waals surface area contributed by atoms with Gasteiger partial charge in [0.05, 0.1) is 30.9 Å². The molecule has 1 amide bonds. The highest BCUT2D eigenvalue weighted by atomic mass is 32.1. The number of benzene rings is 2. The molecule has 0 spiro atoms. The van der Waals surface area contributed by atoms with Gasteiger partial charge in [-0.05, 0) is 37.5 Å². The molecule has 1 aromatic heterocycles. The third-order valence-corrected chi connectivity index (χ3v) is 5.80. The zero-order valence-electron chi connectivity index (χ0n) is 16.5. The molecule has 2 aromatic carbocycles. The highest BCUT2D eigenvalue weighted by Gasteiger charge is 2.13. The SMILES string of the molecule is COc1cc2sc(=NC(=O)Cc3c(C)cc(C)cc3C)n(C)c2cc1OC. The number of aromatic nitrogens is 1. The van der Waals surface area contributed by atoms with Gasteiger partial charge in [-0.1, -0.05) is 29.0 Å². The van der Waals surface area contributed by atoms with Gasteiger partial charge in [-0.25, -0.2) is 0 Å². The van der Waals surface area contributed by atoms with Gasteiger partial charge >= 0.3 is 0 Å². The van der Waals surface area contributed by atoms with E-state index < -0.39 is 0 Å². The van der Waals surface area contributed by atoms with Crippen LogP contribution in [0.5, 0.6) is 11.5 Å². The van der Waals surface area contributed by atoms with Crippen molar-refractivity contribution >= 4 is 27.5 Å². The Bertz CT molecular complexity index is 1070. The third kappa shape index (κ3) is 3.76. The Hall–Kier alpha value is -2.60. The van der Waals surface area contributed by atoms with Crippen molar-refractivity contribution in [1.82, 2.24) is 4.57 Å². The molecule has 0 aliphatic rings. The van der Waals surface area contributed by atoms with Gasteiger partial charge in [0.1, 0.15) is 0 Å². The molecule has 0 saturated heterocycles. The molecule has 3 aromatic rings. The standard InChI is InChI=1S/C21H24N2O3S/c1-12-7-13(2)15(14(3)8-12)9-20(24)22-21-23(4)16-10-17(25-5)18(26-6)11-19(16)27-21/h7-8,10-11H,9H2,1-6H3. The minimum atomic E-state index is -0.147. The number of hydrogen-bond acceptors (Lipinski definition) is 4. The maximum atomic E-state index is 12.6. The molecule has 0 bridgehead atoms. The van der Waals surface area contributed by atoms with E-state index in [0.29, 0.717) is 22.7 Å². The summed E-state index contributed by atoms with van der Waals surface area (Å²) in [5.74, 6) is 1.17. The molecule has 0 saturated carbocycles. The van der Waals surface area contributed by atoms with Crippen molar-refractivity contribution in [3.05, 3.63) is 51.3 Å². The Morgan fingerprint density at radius 3 is 2.22 bits per heavy atom. The van der Waals surface area contributed by atoms with Crippen LogP contribution < -0.4 is 14.3 Å². The van der Waals surface area contributed by atoms with Crippen LogP contribution in [-0.4, -0.2) is 24.7 Å². The van der Waals surface area contributed by atoms with Gasteiger partial charge in [-0.3, -0.25) is 4.79 Å². The average Bonchev–Trinajstić information content (AvgIpc) is 2.91. The van der Waals surface area contributed by atoms with Crippen molar-refractivity contribution in [2.45, 2.75) is 27.2 Å². The van der Waals surface area contributed by atoms with Crippen molar-refractivity contribution in [1.29, 1.82) is 0 Å². The number of aryl methyl sites for hydroxylation is 4. The van der Waals surface area contributed by atoms with E-state index in [2.05, 4.69) is 24.0 Å². The predicted octanol–water partition coefficient (Wildman–Crippen LogP) is 3.85. The zero-order valence-corrected chi connectivity index (χ0v) is 17.4. The molecule has 0 N–H and O–H groups in total. The third-order valence-electron chi connectivity index (χ3n) is 4.70. The quantitative estimate of drug-likeness (QED) is 0.686. The van der Waals surface area contributed by atoms with E-state index in [0.717, 1.165) is 26.9 Å². The maximum Gasteiger partial charge on any atom is 0.252 e. The van der Waals surface area contributed by atoms with Crippen LogP contribution >= 0.6 is 11.3 Å². The summed E-state index contributed by atoms with van der Waals surface area (Å²) in [5, 5.41) is 0. The summed E-state index contributed by atoms with van der Waals surface area (Å²) >= 11 is 1.46. The molecule has 0 radical (unpaired) electrons. The van der Waals surface area contributed by atoms with Gasteiger partial charge in [-0.2, -0.15) is 4.99 Å². The second kappa shape index (κ2) is 7.56. The van der Waals surface area contributed by atoms with Gasteiger partial charge in [0.25, 0.3) is 5.91 Å². The van der Waals surface area contributed by atoms with E-state index in [9.17, 15) is 4.79 Å².